The summed E-state index contributed by atoms with van der Waals surface area (Å²) in [6.07, 6.45) is 0. The van der Waals surface area contributed by atoms with Crippen molar-refractivity contribution in [1.29, 1.82) is 0 Å². The molecule has 2 nitrogen and oxygen atoms in total. The maximum Gasteiger partial charge on any atom is 0.0568 e. The Hall–Kier alpha value is -7.16. The SMILES string of the molecule is CC1(C)c2ccccc2-c2ccc(N(c3ccc(-c4ccccc4)cc3)c3cc4c(c5ccccc35)c3cc5c(cc3n4-c3ccccc3)C(C)(C)c3ccccc3-5)cc21. The molecule has 12 rings (SSSR count). The summed E-state index contributed by atoms with van der Waals surface area (Å²) < 4.78 is 2.51. The fraction of sp³-hybridized carbons (Fsp3) is 0.103. The van der Waals surface area contributed by atoms with Crippen molar-refractivity contribution in [1.82, 2.24) is 4.57 Å². The number of hydrogen-bond donors (Lipinski definition) is 0. The van der Waals surface area contributed by atoms with Crippen LogP contribution in [0.3, 0.4) is 0 Å². The van der Waals surface area contributed by atoms with E-state index in [9.17, 15) is 0 Å². The molecule has 9 aromatic carbocycles. The minimum atomic E-state index is -0.136. The lowest BCUT2D eigenvalue weighted by Gasteiger charge is -2.29. The van der Waals surface area contributed by atoms with E-state index in [0.717, 1.165) is 22.7 Å². The second-order valence-electron chi connectivity index (χ2n) is 17.7. The predicted octanol–water partition coefficient (Wildman–Crippen LogP) is 15.7. The summed E-state index contributed by atoms with van der Waals surface area (Å²) in [5, 5.41) is 5.02. The summed E-state index contributed by atoms with van der Waals surface area (Å²) in [4.78, 5) is 2.50. The summed E-state index contributed by atoms with van der Waals surface area (Å²) in [6.45, 7) is 9.50. The van der Waals surface area contributed by atoms with Gasteiger partial charge in [0.1, 0.15) is 0 Å². The van der Waals surface area contributed by atoms with Gasteiger partial charge in [-0.3, -0.25) is 0 Å². The third-order valence-electron chi connectivity index (χ3n) is 13.8. The summed E-state index contributed by atoms with van der Waals surface area (Å²) >= 11 is 0. The molecule has 0 radical (unpaired) electrons. The summed E-state index contributed by atoms with van der Waals surface area (Å²) in [5.41, 5.74) is 20.0. The van der Waals surface area contributed by atoms with Crippen molar-refractivity contribution in [3.63, 3.8) is 0 Å². The third-order valence-corrected chi connectivity index (χ3v) is 13.8. The smallest absolute Gasteiger partial charge is 0.0568 e. The Bertz CT molecular complexity index is 3350. The van der Waals surface area contributed by atoms with Crippen LogP contribution in [0.15, 0.2) is 194 Å². The average Bonchev–Trinajstić information content (AvgIpc) is 3.83. The highest BCUT2D eigenvalue weighted by molar-refractivity contribution is 6.25. The molecule has 0 atom stereocenters. The molecule has 0 spiro atoms. The van der Waals surface area contributed by atoms with Crippen LogP contribution in [0.4, 0.5) is 17.1 Å². The summed E-state index contributed by atoms with van der Waals surface area (Å²) in [7, 11) is 0. The van der Waals surface area contributed by atoms with E-state index in [4.69, 9.17) is 0 Å². The zero-order chi connectivity index (χ0) is 40.3. The van der Waals surface area contributed by atoms with Crippen LogP contribution in [0.5, 0.6) is 0 Å². The number of anilines is 3. The van der Waals surface area contributed by atoms with Gasteiger partial charge < -0.3 is 9.47 Å². The minimum Gasteiger partial charge on any atom is -0.310 e. The van der Waals surface area contributed by atoms with Crippen LogP contribution in [-0.2, 0) is 10.8 Å². The first-order valence-electron chi connectivity index (χ1n) is 21.2. The fourth-order valence-corrected chi connectivity index (χ4v) is 10.8. The molecule has 286 valence electrons. The van der Waals surface area contributed by atoms with Gasteiger partial charge in [-0.15, -0.1) is 0 Å². The van der Waals surface area contributed by atoms with E-state index >= 15 is 0 Å². The lowest BCUT2D eigenvalue weighted by Crippen LogP contribution is -2.16. The van der Waals surface area contributed by atoms with Gasteiger partial charge in [-0.1, -0.05) is 167 Å². The van der Waals surface area contributed by atoms with Gasteiger partial charge >= 0.3 is 0 Å². The van der Waals surface area contributed by atoms with Crippen molar-refractivity contribution in [3.05, 3.63) is 216 Å². The molecule has 1 aromatic heterocycles. The van der Waals surface area contributed by atoms with Crippen LogP contribution in [-0.4, -0.2) is 4.57 Å². The maximum absolute atomic E-state index is 2.51. The second-order valence-corrected chi connectivity index (χ2v) is 17.7. The third kappa shape index (κ3) is 4.88. The van der Waals surface area contributed by atoms with Crippen molar-refractivity contribution in [2.45, 2.75) is 38.5 Å². The molecule has 2 heteroatoms. The van der Waals surface area contributed by atoms with Crippen LogP contribution in [0, 0.1) is 0 Å². The van der Waals surface area contributed by atoms with Gasteiger partial charge in [0.2, 0.25) is 0 Å². The van der Waals surface area contributed by atoms with Crippen LogP contribution >= 0.6 is 0 Å². The monoisotopic (exact) mass is 768 g/mol. The largest absolute Gasteiger partial charge is 0.310 e. The predicted molar refractivity (Wildman–Crippen MR) is 254 cm³/mol. The van der Waals surface area contributed by atoms with Gasteiger partial charge in [0, 0.05) is 44.1 Å². The van der Waals surface area contributed by atoms with Gasteiger partial charge in [0.15, 0.2) is 0 Å². The molecule has 0 saturated carbocycles. The van der Waals surface area contributed by atoms with Gasteiger partial charge in [-0.2, -0.15) is 0 Å². The van der Waals surface area contributed by atoms with Crippen molar-refractivity contribution in [2.24, 2.45) is 0 Å². The van der Waals surface area contributed by atoms with E-state index in [1.165, 1.54) is 88.2 Å². The molecular formula is C58H44N2. The lowest BCUT2D eigenvalue weighted by molar-refractivity contribution is 0.660. The molecule has 2 aliphatic carbocycles. The van der Waals surface area contributed by atoms with Gasteiger partial charge in [0.25, 0.3) is 0 Å². The number of para-hydroxylation sites is 1. The van der Waals surface area contributed by atoms with Crippen LogP contribution in [0.25, 0.3) is 71.6 Å². The molecule has 0 aliphatic heterocycles. The Balaban J connectivity index is 1.17. The molecule has 0 fully saturated rings. The molecule has 10 aromatic rings. The molecule has 1 heterocycles. The van der Waals surface area contributed by atoms with Crippen LogP contribution in [0.2, 0.25) is 0 Å². The summed E-state index contributed by atoms with van der Waals surface area (Å²) in [6, 6.07) is 72.3. The molecular weight excluding hydrogens is 725 g/mol. The van der Waals surface area contributed by atoms with E-state index in [1.807, 2.05) is 0 Å². The van der Waals surface area contributed by atoms with Gasteiger partial charge in [-0.05, 0) is 116 Å². The number of aromatic nitrogens is 1. The number of hydrogen-bond acceptors (Lipinski definition) is 1. The molecule has 0 saturated heterocycles. The highest BCUT2D eigenvalue weighted by Gasteiger charge is 2.38. The Morgan fingerprint density at radius 2 is 0.900 bits per heavy atom. The van der Waals surface area contributed by atoms with E-state index in [-0.39, 0.29) is 10.8 Å². The van der Waals surface area contributed by atoms with E-state index < -0.39 is 0 Å². The topological polar surface area (TPSA) is 8.17 Å². The van der Waals surface area contributed by atoms with Crippen LogP contribution in [0.1, 0.15) is 49.9 Å². The van der Waals surface area contributed by atoms with Crippen LogP contribution < -0.4 is 4.90 Å². The minimum absolute atomic E-state index is 0.116. The first-order chi connectivity index (χ1) is 29.3. The zero-order valence-corrected chi connectivity index (χ0v) is 34.4. The highest BCUT2D eigenvalue weighted by atomic mass is 15.1. The lowest BCUT2D eigenvalue weighted by atomic mass is 9.82. The molecule has 0 unspecified atom stereocenters. The van der Waals surface area contributed by atoms with Gasteiger partial charge in [-0.25, -0.2) is 0 Å². The Morgan fingerprint density at radius 1 is 0.367 bits per heavy atom. The fourth-order valence-electron chi connectivity index (χ4n) is 10.8. The number of fused-ring (bicyclic) bond motifs is 11. The van der Waals surface area contributed by atoms with E-state index in [1.54, 1.807) is 0 Å². The quantitative estimate of drug-likeness (QED) is 0.169. The molecule has 0 N–H and O–H groups in total. The molecule has 60 heavy (non-hydrogen) atoms. The Labute approximate surface area is 351 Å². The van der Waals surface area contributed by atoms with Gasteiger partial charge in [0.05, 0.1) is 16.7 Å². The highest BCUT2D eigenvalue weighted by Crippen LogP contribution is 2.54. The zero-order valence-electron chi connectivity index (χ0n) is 34.4. The molecule has 0 amide bonds. The molecule has 0 bridgehead atoms. The summed E-state index contributed by atoms with van der Waals surface area (Å²) in [5.74, 6) is 0. The molecule has 2 aliphatic rings. The average molecular weight is 769 g/mol. The van der Waals surface area contributed by atoms with E-state index in [0.29, 0.717) is 0 Å². The van der Waals surface area contributed by atoms with Crippen molar-refractivity contribution in [2.75, 3.05) is 4.90 Å². The van der Waals surface area contributed by atoms with Crippen molar-refractivity contribution in [3.8, 4) is 39.1 Å². The first-order valence-corrected chi connectivity index (χ1v) is 21.2. The standard InChI is InChI=1S/C58H44N2/c1-57(2)49-25-15-13-21-42(49)44-32-31-41(33-51(44)57)59(40-29-27-38(28-30-40)37-17-7-5-8-18-37)54-36-55-56(46-24-12-11-23-45(46)54)48-34-47-43-22-14-16-26-50(43)58(3,4)52(47)35-53(48)60(55)39-19-9-6-10-20-39/h5-36H,1-4H3. The Kier molecular flexibility index (Phi) is 7.36. The number of nitrogens with zero attached hydrogens (tertiary/aromatic N) is 2. The maximum atomic E-state index is 2.51. The van der Waals surface area contributed by atoms with Crippen molar-refractivity contribution >= 4 is 49.6 Å². The van der Waals surface area contributed by atoms with Crippen molar-refractivity contribution < 1.29 is 0 Å². The number of rotatable bonds is 5. The number of benzene rings is 9. The Morgan fingerprint density at radius 3 is 1.60 bits per heavy atom. The second kappa shape index (κ2) is 12.7. The first kappa shape index (κ1) is 34.8. The van der Waals surface area contributed by atoms with E-state index in [2.05, 4.69) is 231 Å². The normalized spacial score (nSPS) is 14.3.